The van der Waals surface area contributed by atoms with Gasteiger partial charge in [-0.15, -0.1) is 0 Å². The molecule has 4 heteroatoms. The number of hydrogen-bond acceptors (Lipinski definition) is 2. The van der Waals surface area contributed by atoms with E-state index in [0.717, 1.165) is 99.6 Å². The largest absolute Gasteiger partial charge is 0.307 e. The molecule has 0 atom stereocenters. The zero-order chi connectivity index (χ0) is 42.6. The molecule has 12 rings (SSSR count). The van der Waals surface area contributed by atoms with Crippen LogP contribution in [0.2, 0.25) is 0 Å². The maximum atomic E-state index is 10.6. The quantitative estimate of drug-likeness (QED) is 0.161. The molecule has 0 aliphatic carbocycles. The van der Waals surface area contributed by atoms with Crippen molar-refractivity contribution in [2.75, 3.05) is 0 Å². The second kappa shape index (κ2) is 15.3. The molecule has 0 aliphatic heterocycles. The van der Waals surface area contributed by atoms with E-state index in [9.17, 15) is 5.26 Å². The molecule has 0 unspecified atom stereocenters. The van der Waals surface area contributed by atoms with E-state index in [2.05, 4.69) is 221 Å². The SMILES string of the molecule is N#Cc1ccccc1-c1cc(-n2c3ccc(-c4ccccc4)cc3c3cc(-c4ccccc4)ccc32)ncc1-n1c2ccc(-c3ccccc3)cc2c2cc(-c3ccccc3)ccc21. The Morgan fingerprint density at radius 2 is 0.688 bits per heavy atom. The van der Waals surface area contributed by atoms with Crippen LogP contribution in [0.15, 0.2) is 231 Å². The lowest BCUT2D eigenvalue weighted by Gasteiger charge is -2.17. The standard InChI is InChI=1S/C60H38N4/c61-38-48-23-13-14-24-49(48)54-37-60(64-57-31-27-46(42-19-9-3-10-20-42)35-52(57)53-36-47(28-32-58(53)64)43-21-11-4-12-22-43)62-39-59(54)63-55-29-25-44(40-15-5-1-6-16-40)33-50(55)51-34-45(26-30-56(51)63)41-17-7-2-8-18-41/h1-37,39H. The number of nitriles is 1. The molecular formula is C60H38N4. The van der Waals surface area contributed by atoms with Crippen LogP contribution in [0.25, 0.3) is 111 Å². The van der Waals surface area contributed by atoms with Crippen molar-refractivity contribution < 1.29 is 0 Å². The van der Waals surface area contributed by atoms with Gasteiger partial charge in [0.15, 0.2) is 0 Å². The molecule has 3 heterocycles. The molecule has 12 aromatic rings. The van der Waals surface area contributed by atoms with Crippen LogP contribution < -0.4 is 0 Å². The summed E-state index contributed by atoms with van der Waals surface area (Å²) in [7, 11) is 0. The Balaban J connectivity index is 1.13. The van der Waals surface area contributed by atoms with Crippen LogP contribution in [0.5, 0.6) is 0 Å². The smallest absolute Gasteiger partial charge is 0.138 e. The number of nitrogens with zero attached hydrogens (tertiary/aromatic N) is 4. The summed E-state index contributed by atoms with van der Waals surface area (Å²) in [5.74, 6) is 0.768. The van der Waals surface area contributed by atoms with Crippen molar-refractivity contribution in [1.82, 2.24) is 14.1 Å². The zero-order valence-corrected chi connectivity index (χ0v) is 34.7. The Morgan fingerprint density at radius 3 is 1.08 bits per heavy atom. The lowest BCUT2D eigenvalue weighted by Crippen LogP contribution is -2.04. The number of fused-ring (bicyclic) bond motifs is 6. The number of benzene rings is 9. The molecule has 0 bridgehead atoms. The fourth-order valence-corrected chi connectivity index (χ4v) is 9.56. The highest BCUT2D eigenvalue weighted by molar-refractivity contribution is 6.13. The molecular weight excluding hydrogens is 777 g/mol. The van der Waals surface area contributed by atoms with E-state index in [0.29, 0.717) is 5.56 Å². The van der Waals surface area contributed by atoms with Crippen molar-refractivity contribution in [2.45, 2.75) is 0 Å². The van der Waals surface area contributed by atoms with Crippen molar-refractivity contribution in [3.63, 3.8) is 0 Å². The third kappa shape index (κ3) is 6.18. The highest BCUT2D eigenvalue weighted by Crippen LogP contribution is 2.42. The van der Waals surface area contributed by atoms with Gasteiger partial charge in [-0.05, 0) is 105 Å². The van der Waals surface area contributed by atoms with Gasteiger partial charge in [-0.1, -0.05) is 164 Å². The maximum Gasteiger partial charge on any atom is 0.138 e. The van der Waals surface area contributed by atoms with Gasteiger partial charge in [-0.25, -0.2) is 4.98 Å². The Kier molecular flexibility index (Phi) is 8.84. The Labute approximate surface area is 370 Å². The van der Waals surface area contributed by atoms with Crippen molar-refractivity contribution in [3.8, 4) is 73.2 Å². The molecule has 0 N–H and O–H groups in total. The first-order chi connectivity index (χ1) is 31.7. The van der Waals surface area contributed by atoms with Crippen molar-refractivity contribution >= 4 is 43.6 Å². The van der Waals surface area contributed by atoms with Gasteiger partial charge < -0.3 is 4.57 Å². The summed E-state index contributed by atoms with van der Waals surface area (Å²) >= 11 is 0. The van der Waals surface area contributed by atoms with Crippen LogP contribution in [0.1, 0.15) is 5.56 Å². The Hall–Kier alpha value is -8.78. The third-order valence-electron chi connectivity index (χ3n) is 12.6. The van der Waals surface area contributed by atoms with Crippen LogP contribution in [-0.2, 0) is 0 Å². The lowest BCUT2D eigenvalue weighted by atomic mass is 9.99. The Bertz CT molecular complexity index is 3570. The van der Waals surface area contributed by atoms with Gasteiger partial charge in [-0.3, -0.25) is 4.57 Å². The lowest BCUT2D eigenvalue weighted by molar-refractivity contribution is 1.06. The van der Waals surface area contributed by atoms with Gasteiger partial charge in [0.05, 0.1) is 45.6 Å². The van der Waals surface area contributed by atoms with E-state index >= 15 is 0 Å². The number of rotatable bonds is 7. The number of aromatic nitrogens is 3. The summed E-state index contributed by atoms with van der Waals surface area (Å²) < 4.78 is 4.61. The van der Waals surface area contributed by atoms with Crippen molar-refractivity contribution in [3.05, 3.63) is 236 Å². The number of pyridine rings is 1. The highest BCUT2D eigenvalue weighted by Gasteiger charge is 2.22. The van der Waals surface area contributed by atoms with Gasteiger partial charge in [0.25, 0.3) is 0 Å². The molecule has 3 aromatic heterocycles. The molecule has 9 aromatic carbocycles. The molecule has 0 saturated heterocycles. The molecule has 0 fully saturated rings. The number of hydrogen-bond donors (Lipinski definition) is 0. The molecule has 64 heavy (non-hydrogen) atoms. The van der Waals surface area contributed by atoms with Crippen LogP contribution in [0, 0.1) is 11.3 Å². The van der Waals surface area contributed by atoms with Gasteiger partial charge in [-0.2, -0.15) is 5.26 Å². The average molecular weight is 815 g/mol. The fraction of sp³-hybridized carbons (Fsp3) is 0. The first-order valence-electron chi connectivity index (χ1n) is 21.6. The normalized spacial score (nSPS) is 11.4. The van der Waals surface area contributed by atoms with Gasteiger partial charge in [0, 0.05) is 32.7 Å². The monoisotopic (exact) mass is 814 g/mol. The van der Waals surface area contributed by atoms with E-state index in [1.54, 1.807) is 0 Å². The summed E-state index contributed by atoms with van der Waals surface area (Å²) in [6, 6.07) is 81.8. The first-order valence-corrected chi connectivity index (χ1v) is 21.6. The molecule has 4 nitrogen and oxygen atoms in total. The van der Waals surface area contributed by atoms with Gasteiger partial charge >= 0.3 is 0 Å². The van der Waals surface area contributed by atoms with Crippen LogP contribution in [-0.4, -0.2) is 14.1 Å². The van der Waals surface area contributed by atoms with E-state index in [1.165, 1.54) is 11.1 Å². The summed E-state index contributed by atoms with van der Waals surface area (Å²) in [4.78, 5) is 5.38. The molecule has 0 saturated carbocycles. The van der Waals surface area contributed by atoms with Crippen LogP contribution >= 0.6 is 0 Å². The molecule has 0 amide bonds. The zero-order valence-electron chi connectivity index (χ0n) is 34.7. The van der Waals surface area contributed by atoms with E-state index in [4.69, 9.17) is 4.98 Å². The summed E-state index contributed by atoms with van der Waals surface area (Å²) in [6.45, 7) is 0. The molecule has 0 spiro atoms. The highest BCUT2D eigenvalue weighted by atomic mass is 15.1. The summed E-state index contributed by atoms with van der Waals surface area (Å²) in [5.41, 5.74) is 16.8. The van der Waals surface area contributed by atoms with E-state index in [-0.39, 0.29) is 0 Å². The first kappa shape index (κ1) is 37.0. The minimum atomic E-state index is 0.599. The van der Waals surface area contributed by atoms with E-state index in [1.807, 2.05) is 24.4 Å². The van der Waals surface area contributed by atoms with Gasteiger partial charge in [0.2, 0.25) is 0 Å². The maximum absolute atomic E-state index is 10.6. The van der Waals surface area contributed by atoms with Crippen LogP contribution in [0.3, 0.4) is 0 Å². The summed E-state index contributed by atoms with van der Waals surface area (Å²) in [6.07, 6.45) is 2.00. The van der Waals surface area contributed by atoms with E-state index < -0.39 is 0 Å². The molecule has 0 radical (unpaired) electrons. The third-order valence-corrected chi connectivity index (χ3v) is 12.6. The molecule has 0 aliphatic rings. The van der Waals surface area contributed by atoms with Crippen molar-refractivity contribution in [2.24, 2.45) is 0 Å². The predicted octanol–water partition coefficient (Wildman–Crippen LogP) is 15.5. The van der Waals surface area contributed by atoms with Gasteiger partial charge in [0.1, 0.15) is 5.82 Å². The average Bonchev–Trinajstić information content (AvgIpc) is 3.88. The second-order valence-electron chi connectivity index (χ2n) is 16.3. The predicted molar refractivity (Wildman–Crippen MR) is 265 cm³/mol. The topological polar surface area (TPSA) is 46.5 Å². The minimum Gasteiger partial charge on any atom is -0.307 e. The summed E-state index contributed by atoms with van der Waals surface area (Å²) in [5, 5.41) is 15.2. The van der Waals surface area contributed by atoms with Crippen molar-refractivity contribution in [1.29, 1.82) is 5.26 Å². The van der Waals surface area contributed by atoms with Crippen LogP contribution in [0.4, 0.5) is 0 Å². The fourth-order valence-electron chi connectivity index (χ4n) is 9.56. The minimum absolute atomic E-state index is 0.599. The Morgan fingerprint density at radius 1 is 0.328 bits per heavy atom. The molecule has 298 valence electrons. The second-order valence-corrected chi connectivity index (χ2v) is 16.3.